The summed E-state index contributed by atoms with van der Waals surface area (Å²) in [6.07, 6.45) is -1.56. The van der Waals surface area contributed by atoms with Gasteiger partial charge in [0.1, 0.15) is 6.04 Å². The first-order chi connectivity index (χ1) is 8.89. The highest BCUT2D eigenvalue weighted by Crippen LogP contribution is 2.32. The molecule has 0 aliphatic carbocycles. The monoisotopic (exact) mass is 273 g/mol. The molecule has 2 atom stereocenters. The van der Waals surface area contributed by atoms with Crippen LogP contribution in [0.1, 0.15) is 23.2 Å². The molecule has 19 heavy (non-hydrogen) atoms. The Kier molecular flexibility index (Phi) is 3.75. The lowest BCUT2D eigenvalue weighted by Gasteiger charge is -2.39. The standard InChI is InChI=1S/C12H14F3N3O/c13-12(14,15)10-2-1-9(16)7-18(10)11(19)8-3-5-17-6-4-8/h3-6,9-10H,1-2,7,16H2/t9-,10-/m0/s1. The number of carbonyl (C=O) groups excluding carboxylic acids is 1. The Balaban J connectivity index is 2.25. The molecule has 104 valence electrons. The Hall–Kier alpha value is -1.63. The second kappa shape index (κ2) is 5.16. The molecule has 2 N–H and O–H groups in total. The maximum atomic E-state index is 12.9. The van der Waals surface area contributed by atoms with Crippen LogP contribution in [0.5, 0.6) is 0 Å². The van der Waals surface area contributed by atoms with Crippen molar-refractivity contribution in [1.82, 2.24) is 9.88 Å². The Morgan fingerprint density at radius 1 is 1.32 bits per heavy atom. The number of halogens is 3. The molecule has 2 heterocycles. The van der Waals surface area contributed by atoms with Gasteiger partial charge in [-0.25, -0.2) is 0 Å². The van der Waals surface area contributed by atoms with Gasteiger partial charge in [0.15, 0.2) is 0 Å². The van der Waals surface area contributed by atoms with E-state index in [0.29, 0.717) is 0 Å². The van der Waals surface area contributed by atoms with Gasteiger partial charge in [-0.3, -0.25) is 9.78 Å². The fraction of sp³-hybridized carbons (Fsp3) is 0.500. The summed E-state index contributed by atoms with van der Waals surface area (Å²) >= 11 is 0. The summed E-state index contributed by atoms with van der Waals surface area (Å²) in [5.74, 6) is -0.653. The van der Waals surface area contributed by atoms with Gasteiger partial charge in [-0.15, -0.1) is 0 Å². The predicted octanol–water partition coefficient (Wildman–Crippen LogP) is 1.58. The number of piperidine rings is 1. The number of hydrogen-bond donors (Lipinski definition) is 1. The Bertz CT molecular complexity index is 449. The van der Waals surface area contributed by atoms with E-state index in [2.05, 4.69) is 4.98 Å². The van der Waals surface area contributed by atoms with Crippen LogP contribution in [-0.4, -0.2) is 40.6 Å². The molecule has 1 saturated heterocycles. The lowest BCUT2D eigenvalue weighted by molar-refractivity contribution is -0.184. The first kappa shape index (κ1) is 13.8. The highest BCUT2D eigenvalue weighted by molar-refractivity contribution is 5.94. The first-order valence-electron chi connectivity index (χ1n) is 5.93. The van der Waals surface area contributed by atoms with E-state index in [4.69, 9.17) is 5.73 Å². The molecule has 0 radical (unpaired) electrons. The van der Waals surface area contributed by atoms with E-state index < -0.39 is 24.2 Å². The van der Waals surface area contributed by atoms with Crippen LogP contribution >= 0.6 is 0 Å². The van der Waals surface area contributed by atoms with Crippen LogP contribution < -0.4 is 5.73 Å². The van der Waals surface area contributed by atoms with Crippen molar-refractivity contribution in [2.75, 3.05) is 6.54 Å². The number of carbonyl (C=O) groups is 1. The first-order valence-corrected chi connectivity index (χ1v) is 5.93. The van der Waals surface area contributed by atoms with Gasteiger partial charge in [0.2, 0.25) is 0 Å². The average molecular weight is 273 g/mol. The number of aromatic nitrogens is 1. The van der Waals surface area contributed by atoms with Crippen molar-refractivity contribution in [3.05, 3.63) is 30.1 Å². The molecule has 0 unspecified atom stereocenters. The summed E-state index contributed by atoms with van der Waals surface area (Å²) < 4.78 is 38.8. The molecular weight excluding hydrogens is 259 g/mol. The Labute approximate surface area is 108 Å². The predicted molar refractivity (Wildman–Crippen MR) is 62.3 cm³/mol. The quantitative estimate of drug-likeness (QED) is 0.845. The average Bonchev–Trinajstić information content (AvgIpc) is 2.37. The van der Waals surface area contributed by atoms with E-state index in [1.807, 2.05) is 0 Å². The van der Waals surface area contributed by atoms with Gasteiger partial charge in [0.25, 0.3) is 5.91 Å². The molecule has 0 saturated carbocycles. The molecule has 0 spiro atoms. The van der Waals surface area contributed by atoms with Gasteiger partial charge < -0.3 is 10.6 Å². The van der Waals surface area contributed by atoms with Gasteiger partial charge in [-0.2, -0.15) is 13.2 Å². The normalized spacial score (nSPS) is 24.3. The summed E-state index contributed by atoms with van der Waals surface area (Å²) in [4.78, 5) is 16.7. The summed E-state index contributed by atoms with van der Waals surface area (Å²) in [5, 5.41) is 0. The molecule has 1 fully saturated rings. The smallest absolute Gasteiger partial charge is 0.326 e. The summed E-state index contributed by atoms with van der Waals surface area (Å²) in [5.41, 5.74) is 5.87. The number of alkyl halides is 3. The fourth-order valence-corrected chi connectivity index (χ4v) is 2.22. The second-order valence-electron chi connectivity index (χ2n) is 4.59. The molecule has 0 aromatic carbocycles. The SMILES string of the molecule is N[C@H]1CC[C@@H](C(F)(F)F)N(C(=O)c2ccncc2)C1. The van der Waals surface area contributed by atoms with Crippen LogP contribution in [0.4, 0.5) is 13.2 Å². The molecule has 0 bridgehead atoms. The lowest BCUT2D eigenvalue weighted by atomic mass is 9.97. The Morgan fingerprint density at radius 2 is 1.95 bits per heavy atom. The van der Waals surface area contributed by atoms with E-state index in [1.54, 1.807) is 0 Å². The van der Waals surface area contributed by atoms with Crippen molar-refractivity contribution in [2.24, 2.45) is 5.73 Å². The van der Waals surface area contributed by atoms with Gasteiger partial charge in [-0.05, 0) is 25.0 Å². The molecule has 1 aromatic heterocycles. The van der Waals surface area contributed by atoms with Gasteiger partial charge >= 0.3 is 6.18 Å². The maximum Gasteiger partial charge on any atom is 0.408 e. The minimum Gasteiger partial charge on any atom is -0.326 e. The third-order valence-electron chi connectivity index (χ3n) is 3.18. The largest absolute Gasteiger partial charge is 0.408 e. The summed E-state index contributed by atoms with van der Waals surface area (Å²) in [7, 11) is 0. The molecule has 1 aliphatic heterocycles. The summed E-state index contributed by atoms with van der Waals surface area (Å²) in [6, 6.07) is 0.628. The third kappa shape index (κ3) is 3.04. The van der Waals surface area contributed by atoms with E-state index >= 15 is 0 Å². The number of hydrogen-bond acceptors (Lipinski definition) is 3. The number of pyridine rings is 1. The number of likely N-dealkylation sites (tertiary alicyclic amines) is 1. The number of nitrogens with zero attached hydrogens (tertiary/aromatic N) is 2. The third-order valence-corrected chi connectivity index (χ3v) is 3.18. The second-order valence-corrected chi connectivity index (χ2v) is 4.59. The van der Waals surface area contributed by atoms with Crippen LogP contribution in [0.3, 0.4) is 0 Å². The topological polar surface area (TPSA) is 59.2 Å². The number of amides is 1. The van der Waals surface area contributed by atoms with Gasteiger partial charge in [0.05, 0.1) is 0 Å². The van der Waals surface area contributed by atoms with Crippen LogP contribution in [-0.2, 0) is 0 Å². The van der Waals surface area contributed by atoms with Gasteiger partial charge in [-0.1, -0.05) is 0 Å². The molecule has 4 nitrogen and oxygen atoms in total. The lowest BCUT2D eigenvalue weighted by Crippen LogP contribution is -2.56. The van der Waals surface area contributed by atoms with E-state index in [-0.39, 0.29) is 24.9 Å². The molecule has 1 aliphatic rings. The van der Waals surface area contributed by atoms with Crippen LogP contribution in [0.2, 0.25) is 0 Å². The Morgan fingerprint density at radius 3 is 2.53 bits per heavy atom. The molecule has 2 rings (SSSR count). The van der Waals surface area contributed by atoms with E-state index in [0.717, 1.165) is 4.90 Å². The fourth-order valence-electron chi connectivity index (χ4n) is 2.22. The molecule has 1 amide bonds. The van der Waals surface area contributed by atoms with Crippen molar-refractivity contribution < 1.29 is 18.0 Å². The van der Waals surface area contributed by atoms with Crippen LogP contribution in [0, 0.1) is 0 Å². The van der Waals surface area contributed by atoms with Crippen LogP contribution in [0.25, 0.3) is 0 Å². The molecule has 1 aromatic rings. The minimum absolute atomic E-state index is 0.0780. The van der Waals surface area contributed by atoms with Crippen molar-refractivity contribution >= 4 is 5.91 Å². The van der Waals surface area contributed by atoms with Crippen molar-refractivity contribution in [2.45, 2.75) is 31.1 Å². The van der Waals surface area contributed by atoms with Gasteiger partial charge in [0, 0.05) is 30.5 Å². The van der Waals surface area contributed by atoms with E-state index in [1.165, 1.54) is 24.5 Å². The number of rotatable bonds is 1. The molecule has 7 heteroatoms. The number of nitrogens with two attached hydrogens (primary N) is 1. The minimum atomic E-state index is -4.43. The van der Waals surface area contributed by atoms with E-state index in [9.17, 15) is 18.0 Å². The van der Waals surface area contributed by atoms with Crippen molar-refractivity contribution in [3.63, 3.8) is 0 Å². The zero-order valence-corrected chi connectivity index (χ0v) is 10.1. The zero-order valence-electron chi connectivity index (χ0n) is 10.1. The molecular formula is C12H14F3N3O. The van der Waals surface area contributed by atoms with Crippen molar-refractivity contribution in [1.29, 1.82) is 0 Å². The summed E-state index contributed by atoms with van der Waals surface area (Å²) in [6.45, 7) is -0.0780. The zero-order chi connectivity index (χ0) is 14.0. The van der Waals surface area contributed by atoms with Crippen LogP contribution in [0.15, 0.2) is 24.5 Å². The highest BCUT2D eigenvalue weighted by Gasteiger charge is 2.47. The highest BCUT2D eigenvalue weighted by atomic mass is 19.4. The maximum absolute atomic E-state index is 12.9. The van der Waals surface area contributed by atoms with Crippen molar-refractivity contribution in [3.8, 4) is 0 Å².